The maximum Gasteiger partial charge on any atom is 0.0110 e. The Bertz CT molecular complexity index is 524. The van der Waals surface area contributed by atoms with Crippen LogP contribution < -0.4 is 5.73 Å². The molecule has 2 aromatic carbocycles. The number of allylic oxidation sites excluding steroid dienone is 2. The first-order valence-corrected chi connectivity index (χ1v) is 6.09. The van der Waals surface area contributed by atoms with E-state index in [1.165, 1.54) is 16.7 Å². The van der Waals surface area contributed by atoms with Gasteiger partial charge in [-0.05, 0) is 22.8 Å². The minimum atomic E-state index is 0.555. The first kappa shape index (κ1) is 12.3. The second kappa shape index (κ2) is 6.58. The molecule has 0 saturated heterocycles. The van der Waals surface area contributed by atoms with Gasteiger partial charge in [0.25, 0.3) is 0 Å². The van der Waals surface area contributed by atoms with Gasteiger partial charge in [0.05, 0.1) is 0 Å². The lowest BCUT2D eigenvalue weighted by atomic mass is 10.0. The van der Waals surface area contributed by atoms with Crippen molar-refractivity contribution in [3.63, 3.8) is 0 Å². The summed E-state index contributed by atoms with van der Waals surface area (Å²) in [7, 11) is 0. The summed E-state index contributed by atoms with van der Waals surface area (Å²) >= 11 is 0. The fourth-order valence-corrected chi connectivity index (χ4v) is 1.78. The molecule has 2 rings (SSSR count). The molecule has 0 aliphatic carbocycles. The number of hydrogen-bond donors (Lipinski definition) is 1. The zero-order valence-electron chi connectivity index (χ0n) is 10.3. The average Bonchev–Trinajstić information content (AvgIpc) is 2.45. The minimum Gasteiger partial charge on any atom is -0.327 e. The fraction of sp³-hybridized carbons (Fsp3) is 0.0588. The van der Waals surface area contributed by atoms with Gasteiger partial charge < -0.3 is 5.73 Å². The van der Waals surface area contributed by atoms with E-state index in [0.29, 0.717) is 6.54 Å². The van der Waals surface area contributed by atoms with E-state index in [0.717, 1.165) is 0 Å². The average molecular weight is 235 g/mol. The van der Waals surface area contributed by atoms with Gasteiger partial charge in [0.1, 0.15) is 0 Å². The standard InChI is InChI=1S/C17H17N/c18-13-7-12-17(16-10-5-2-6-11-16)14-15-8-3-1-4-9-15/h1-12,14H,13,18H2. The van der Waals surface area contributed by atoms with Gasteiger partial charge in [-0.25, -0.2) is 0 Å². The molecule has 1 nitrogen and oxygen atoms in total. The summed E-state index contributed by atoms with van der Waals surface area (Å²) < 4.78 is 0. The SMILES string of the molecule is NCC=CC(=Cc1ccccc1)c1ccccc1. The summed E-state index contributed by atoms with van der Waals surface area (Å²) in [5.74, 6) is 0. The number of rotatable bonds is 4. The Morgan fingerprint density at radius 3 is 2.11 bits per heavy atom. The fourth-order valence-electron chi connectivity index (χ4n) is 1.78. The number of nitrogens with two attached hydrogens (primary N) is 1. The van der Waals surface area contributed by atoms with E-state index in [9.17, 15) is 0 Å². The van der Waals surface area contributed by atoms with Gasteiger partial charge in [-0.15, -0.1) is 0 Å². The van der Waals surface area contributed by atoms with Gasteiger partial charge in [-0.2, -0.15) is 0 Å². The van der Waals surface area contributed by atoms with Crippen molar-refractivity contribution in [2.24, 2.45) is 5.73 Å². The van der Waals surface area contributed by atoms with Crippen LogP contribution in [0.2, 0.25) is 0 Å². The minimum absolute atomic E-state index is 0.555. The van der Waals surface area contributed by atoms with Crippen LogP contribution in [0, 0.1) is 0 Å². The van der Waals surface area contributed by atoms with E-state index >= 15 is 0 Å². The van der Waals surface area contributed by atoms with Crippen LogP contribution in [0.4, 0.5) is 0 Å². The Hall–Kier alpha value is -2.12. The Kier molecular flexibility index (Phi) is 4.51. The normalized spacial score (nSPS) is 11.9. The van der Waals surface area contributed by atoms with Crippen molar-refractivity contribution < 1.29 is 0 Å². The van der Waals surface area contributed by atoms with E-state index in [-0.39, 0.29) is 0 Å². The van der Waals surface area contributed by atoms with E-state index < -0.39 is 0 Å². The summed E-state index contributed by atoms with van der Waals surface area (Å²) in [4.78, 5) is 0. The van der Waals surface area contributed by atoms with Gasteiger partial charge in [-0.1, -0.05) is 72.8 Å². The van der Waals surface area contributed by atoms with Gasteiger partial charge in [0.2, 0.25) is 0 Å². The summed E-state index contributed by atoms with van der Waals surface area (Å²) in [5, 5.41) is 0. The van der Waals surface area contributed by atoms with Crippen LogP contribution in [0.25, 0.3) is 11.6 Å². The van der Waals surface area contributed by atoms with Crippen LogP contribution in [0.5, 0.6) is 0 Å². The molecule has 0 unspecified atom stereocenters. The Balaban J connectivity index is 2.37. The molecule has 0 amide bonds. The largest absolute Gasteiger partial charge is 0.327 e. The Labute approximate surface area is 108 Å². The smallest absolute Gasteiger partial charge is 0.0110 e. The molecular weight excluding hydrogens is 218 g/mol. The predicted molar refractivity (Wildman–Crippen MR) is 78.9 cm³/mol. The lowest BCUT2D eigenvalue weighted by Gasteiger charge is -2.03. The molecule has 1 heteroatoms. The van der Waals surface area contributed by atoms with E-state index in [4.69, 9.17) is 5.73 Å². The number of hydrogen-bond acceptors (Lipinski definition) is 1. The highest BCUT2D eigenvalue weighted by atomic mass is 14.5. The van der Waals surface area contributed by atoms with E-state index in [2.05, 4.69) is 36.4 Å². The first-order chi connectivity index (χ1) is 8.90. The molecule has 2 aromatic rings. The lowest BCUT2D eigenvalue weighted by Crippen LogP contribution is -1.92. The molecule has 0 aromatic heterocycles. The summed E-state index contributed by atoms with van der Waals surface area (Å²) in [5.41, 5.74) is 9.10. The molecule has 0 bridgehead atoms. The van der Waals surface area contributed by atoms with Gasteiger partial charge in [0, 0.05) is 6.54 Å². The molecule has 0 aliphatic rings. The molecule has 18 heavy (non-hydrogen) atoms. The molecule has 0 aliphatic heterocycles. The van der Waals surface area contributed by atoms with Gasteiger partial charge >= 0.3 is 0 Å². The summed E-state index contributed by atoms with van der Waals surface area (Å²) in [6, 6.07) is 20.6. The number of benzene rings is 2. The topological polar surface area (TPSA) is 26.0 Å². The molecular formula is C17H17N. The van der Waals surface area contributed by atoms with Crippen LogP contribution in [-0.4, -0.2) is 6.54 Å². The monoisotopic (exact) mass is 235 g/mol. The van der Waals surface area contributed by atoms with E-state index in [1.54, 1.807) is 0 Å². The second-order valence-corrected chi connectivity index (χ2v) is 4.01. The zero-order valence-corrected chi connectivity index (χ0v) is 10.3. The highest BCUT2D eigenvalue weighted by molar-refractivity contribution is 5.87. The molecule has 0 saturated carbocycles. The van der Waals surface area contributed by atoms with Crippen molar-refractivity contribution in [1.82, 2.24) is 0 Å². The zero-order chi connectivity index (χ0) is 12.6. The van der Waals surface area contributed by atoms with Crippen molar-refractivity contribution in [1.29, 1.82) is 0 Å². The summed E-state index contributed by atoms with van der Waals surface area (Å²) in [6.07, 6.45) is 6.21. The lowest BCUT2D eigenvalue weighted by molar-refractivity contribution is 1.26. The van der Waals surface area contributed by atoms with Crippen molar-refractivity contribution in [2.45, 2.75) is 0 Å². The first-order valence-electron chi connectivity index (χ1n) is 6.09. The molecule has 2 N–H and O–H groups in total. The van der Waals surface area contributed by atoms with Crippen LogP contribution >= 0.6 is 0 Å². The van der Waals surface area contributed by atoms with Crippen LogP contribution in [0.3, 0.4) is 0 Å². The van der Waals surface area contributed by atoms with Crippen molar-refractivity contribution >= 4 is 11.6 Å². The third-order valence-electron chi connectivity index (χ3n) is 2.66. The maximum absolute atomic E-state index is 5.53. The molecule has 0 radical (unpaired) electrons. The van der Waals surface area contributed by atoms with Crippen LogP contribution in [-0.2, 0) is 0 Å². The Morgan fingerprint density at radius 1 is 0.889 bits per heavy atom. The highest BCUT2D eigenvalue weighted by Gasteiger charge is 1.97. The second-order valence-electron chi connectivity index (χ2n) is 4.01. The Morgan fingerprint density at radius 2 is 1.50 bits per heavy atom. The van der Waals surface area contributed by atoms with Gasteiger partial charge in [0.15, 0.2) is 0 Å². The molecule has 90 valence electrons. The van der Waals surface area contributed by atoms with Crippen molar-refractivity contribution in [3.05, 3.63) is 83.9 Å². The molecule has 0 spiro atoms. The van der Waals surface area contributed by atoms with Crippen molar-refractivity contribution in [3.8, 4) is 0 Å². The molecule has 0 fully saturated rings. The van der Waals surface area contributed by atoms with Crippen LogP contribution in [0.1, 0.15) is 11.1 Å². The quantitative estimate of drug-likeness (QED) is 0.634. The third kappa shape index (κ3) is 3.44. The predicted octanol–water partition coefficient (Wildman–Crippen LogP) is 3.74. The highest BCUT2D eigenvalue weighted by Crippen LogP contribution is 2.19. The third-order valence-corrected chi connectivity index (χ3v) is 2.66. The van der Waals surface area contributed by atoms with Crippen LogP contribution in [0.15, 0.2) is 72.8 Å². The van der Waals surface area contributed by atoms with Crippen molar-refractivity contribution in [2.75, 3.05) is 6.54 Å². The maximum atomic E-state index is 5.53. The molecule has 0 atom stereocenters. The van der Waals surface area contributed by atoms with E-state index in [1.807, 2.05) is 42.5 Å². The molecule has 0 heterocycles. The van der Waals surface area contributed by atoms with Gasteiger partial charge in [-0.3, -0.25) is 0 Å². The summed E-state index contributed by atoms with van der Waals surface area (Å²) in [6.45, 7) is 0.555.